The van der Waals surface area contributed by atoms with Gasteiger partial charge in [-0.2, -0.15) is 0 Å². The first-order valence-corrected chi connectivity index (χ1v) is 8.74. The number of amides is 2. The number of ether oxygens (including phenoxy) is 1. The van der Waals surface area contributed by atoms with E-state index in [2.05, 4.69) is 15.8 Å². The average Bonchev–Trinajstić information content (AvgIpc) is 3.18. The van der Waals surface area contributed by atoms with Crippen LogP contribution in [0.15, 0.2) is 59.8 Å². The summed E-state index contributed by atoms with van der Waals surface area (Å²) >= 11 is 0. The van der Waals surface area contributed by atoms with Crippen LogP contribution in [0.5, 0.6) is 5.75 Å². The Balaban J connectivity index is 1.54. The van der Waals surface area contributed by atoms with Gasteiger partial charge in [0.1, 0.15) is 5.75 Å². The zero-order valence-electron chi connectivity index (χ0n) is 15.0. The van der Waals surface area contributed by atoms with Gasteiger partial charge in [0.25, 0.3) is 11.8 Å². The third kappa shape index (κ3) is 5.07. The standard InChI is InChI=1S/C20H21N3O4/c1-2-21-19(24)13-26-16-10-6-9-15(11-16)22-20(25)18-12-17(23-27-18)14-7-4-3-5-8-14/h3-11,18H,2,12-13H2,1H3,(H,21,24)(H,22,25). The first-order chi connectivity index (χ1) is 13.2. The molecule has 1 aliphatic heterocycles. The maximum atomic E-state index is 12.4. The molecule has 0 bridgehead atoms. The summed E-state index contributed by atoms with van der Waals surface area (Å²) in [7, 11) is 0. The summed E-state index contributed by atoms with van der Waals surface area (Å²) in [6, 6.07) is 16.5. The van der Waals surface area contributed by atoms with E-state index in [4.69, 9.17) is 9.57 Å². The second-order valence-corrected chi connectivity index (χ2v) is 5.96. The van der Waals surface area contributed by atoms with Crippen molar-refractivity contribution < 1.29 is 19.2 Å². The Morgan fingerprint density at radius 2 is 2.00 bits per heavy atom. The van der Waals surface area contributed by atoms with E-state index in [9.17, 15) is 9.59 Å². The van der Waals surface area contributed by atoms with E-state index < -0.39 is 6.10 Å². The monoisotopic (exact) mass is 367 g/mol. The lowest BCUT2D eigenvalue weighted by Gasteiger charge is -2.11. The largest absolute Gasteiger partial charge is 0.484 e. The van der Waals surface area contributed by atoms with Crippen LogP contribution >= 0.6 is 0 Å². The second-order valence-electron chi connectivity index (χ2n) is 5.96. The van der Waals surface area contributed by atoms with Gasteiger partial charge >= 0.3 is 0 Å². The number of anilines is 1. The van der Waals surface area contributed by atoms with Gasteiger partial charge in [-0.05, 0) is 24.6 Å². The molecule has 0 aromatic heterocycles. The Labute approximate surface area is 157 Å². The topological polar surface area (TPSA) is 89.0 Å². The molecule has 2 aromatic carbocycles. The van der Waals surface area contributed by atoms with Crippen LogP contribution in [0.1, 0.15) is 18.9 Å². The highest BCUT2D eigenvalue weighted by Crippen LogP contribution is 2.21. The summed E-state index contributed by atoms with van der Waals surface area (Å²) in [6.07, 6.45) is -0.274. The minimum absolute atomic E-state index is 0.0781. The van der Waals surface area contributed by atoms with Crippen LogP contribution < -0.4 is 15.4 Å². The van der Waals surface area contributed by atoms with E-state index in [1.807, 2.05) is 37.3 Å². The fraction of sp³-hybridized carbons (Fsp3) is 0.250. The number of hydrogen-bond acceptors (Lipinski definition) is 5. The van der Waals surface area contributed by atoms with Gasteiger partial charge in [0, 0.05) is 24.7 Å². The van der Waals surface area contributed by atoms with Crippen molar-refractivity contribution in [2.75, 3.05) is 18.5 Å². The van der Waals surface area contributed by atoms with Crippen LogP contribution in [0.4, 0.5) is 5.69 Å². The van der Waals surface area contributed by atoms with Crippen molar-refractivity contribution in [3.63, 3.8) is 0 Å². The van der Waals surface area contributed by atoms with Gasteiger partial charge in [0.05, 0.1) is 5.71 Å². The van der Waals surface area contributed by atoms with Gasteiger partial charge in [-0.3, -0.25) is 9.59 Å². The molecule has 0 fully saturated rings. The molecular formula is C20H21N3O4. The third-order valence-corrected chi connectivity index (χ3v) is 3.91. The van der Waals surface area contributed by atoms with Crippen molar-refractivity contribution in [2.24, 2.45) is 5.16 Å². The van der Waals surface area contributed by atoms with E-state index >= 15 is 0 Å². The normalized spacial score (nSPS) is 15.4. The lowest BCUT2D eigenvalue weighted by Crippen LogP contribution is -2.28. The molecule has 27 heavy (non-hydrogen) atoms. The van der Waals surface area contributed by atoms with Crippen molar-refractivity contribution in [1.82, 2.24) is 5.32 Å². The van der Waals surface area contributed by atoms with Gasteiger partial charge < -0.3 is 20.2 Å². The van der Waals surface area contributed by atoms with Crippen LogP contribution in [-0.4, -0.2) is 36.8 Å². The molecule has 7 nitrogen and oxygen atoms in total. The van der Waals surface area contributed by atoms with Crippen LogP contribution in [0.25, 0.3) is 0 Å². The van der Waals surface area contributed by atoms with Crippen molar-refractivity contribution in [3.8, 4) is 5.75 Å². The van der Waals surface area contributed by atoms with Gasteiger partial charge in [-0.1, -0.05) is 41.6 Å². The molecule has 2 amide bonds. The number of carbonyl (C=O) groups excluding carboxylic acids is 2. The van der Waals surface area contributed by atoms with Crippen molar-refractivity contribution >= 4 is 23.2 Å². The van der Waals surface area contributed by atoms with Crippen molar-refractivity contribution in [3.05, 3.63) is 60.2 Å². The molecule has 0 saturated carbocycles. The molecular weight excluding hydrogens is 346 g/mol. The number of benzene rings is 2. The Morgan fingerprint density at radius 3 is 2.78 bits per heavy atom. The smallest absolute Gasteiger partial charge is 0.268 e. The summed E-state index contributed by atoms with van der Waals surface area (Å²) in [5, 5.41) is 9.47. The fourth-order valence-electron chi connectivity index (χ4n) is 2.60. The number of likely N-dealkylation sites (N-methyl/N-ethyl adjacent to an activating group) is 1. The lowest BCUT2D eigenvalue weighted by molar-refractivity contribution is -0.126. The molecule has 0 aliphatic carbocycles. The molecule has 0 spiro atoms. The number of nitrogens with zero attached hydrogens (tertiary/aromatic N) is 1. The van der Waals surface area contributed by atoms with Crippen molar-refractivity contribution in [2.45, 2.75) is 19.4 Å². The maximum absolute atomic E-state index is 12.4. The van der Waals surface area contributed by atoms with Crippen LogP contribution in [0.3, 0.4) is 0 Å². The van der Waals surface area contributed by atoms with Crippen LogP contribution in [0.2, 0.25) is 0 Å². The SMILES string of the molecule is CCNC(=O)COc1cccc(NC(=O)C2CC(c3ccccc3)=NO2)c1. The van der Waals surface area contributed by atoms with E-state index in [-0.39, 0.29) is 18.4 Å². The van der Waals surface area contributed by atoms with Gasteiger partial charge in [-0.15, -0.1) is 0 Å². The highest BCUT2D eigenvalue weighted by atomic mass is 16.6. The highest BCUT2D eigenvalue weighted by molar-refractivity contribution is 6.06. The summed E-state index contributed by atoms with van der Waals surface area (Å²) in [4.78, 5) is 29.2. The average molecular weight is 367 g/mol. The van der Waals surface area contributed by atoms with Crippen LogP contribution in [0, 0.1) is 0 Å². The Bertz CT molecular complexity index is 836. The molecule has 0 radical (unpaired) electrons. The number of hydrogen-bond donors (Lipinski definition) is 2. The summed E-state index contributed by atoms with van der Waals surface area (Å²) in [6.45, 7) is 2.31. The fourth-order valence-corrected chi connectivity index (χ4v) is 2.60. The lowest BCUT2D eigenvalue weighted by atomic mass is 10.0. The number of carbonyl (C=O) groups is 2. The number of oxime groups is 1. The molecule has 2 aromatic rings. The highest BCUT2D eigenvalue weighted by Gasteiger charge is 2.28. The molecule has 0 saturated heterocycles. The van der Waals surface area contributed by atoms with Crippen molar-refractivity contribution in [1.29, 1.82) is 0 Å². The zero-order valence-corrected chi connectivity index (χ0v) is 15.0. The predicted molar refractivity (Wildman–Crippen MR) is 102 cm³/mol. The zero-order chi connectivity index (χ0) is 19.1. The van der Waals surface area contributed by atoms with Gasteiger partial charge in [0.15, 0.2) is 6.61 Å². The number of rotatable bonds is 7. The Kier molecular flexibility index (Phi) is 6.04. The van der Waals surface area contributed by atoms with E-state index in [0.29, 0.717) is 24.4 Å². The number of nitrogens with one attached hydrogen (secondary N) is 2. The summed E-state index contributed by atoms with van der Waals surface area (Å²) in [5.41, 5.74) is 2.24. The molecule has 2 N–H and O–H groups in total. The predicted octanol–water partition coefficient (Wildman–Crippen LogP) is 2.33. The first kappa shape index (κ1) is 18.4. The molecule has 1 atom stereocenters. The van der Waals surface area contributed by atoms with Crippen LogP contribution in [-0.2, 0) is 14.4 Å². The van der Waals surface area contributed by atoms with E-state index in [1.165, 1.54) is 0 Å². The maximum Gasteiger partial charge on any atom is 0.268 e. The quantitative estimate of drug-likeness (QED) is 0.786. The Hall–Kier alpha value is -3.35. The summed E-state index contributed by atoms with van der Waals surface area (Å²) < 4.78 is 5.43. The minimum atomic E-state index is -0.680. The molecule has 3 rings (SSSR count). The molecule has 1 aliphatic rings. The van der Waals surface area contributed by atoms with E-state index in [1.54, 1.807) is 24.3 Å². The molecule has 1 heterocycles. The van der Waals surface area contributed by atoms with Gasteiger partial charge in [0.2, 0.25) is 6.10 Å². The molecule has 140 valence electrons. The Morgan fingerprint density at radius 1 is 1.19 bits per heavy atom. The molecule has 1 unspecified atom stereocenters. The first-order valence-electron chi connectivity index (χ1n) is 8.74. The second kappa shape index (κ2) is 8.84. The third-order valence-electron chi connectivity index (χ3n) is 3.91. The van der Waals surface area contributed by atoms with E-state index in [0.717, 1.165) is 11.3 Å². The minimum Gasteiger partial charge on any atom is -0.484 e. The van der Waals surface area contributed by atoms with Gasteiger partial charge in [-0.25, -0.2) is 0 Å². The summed E-state index contributed by atoms with van der Waals surface area (Å²) in [5.74, 6) is 0.00931. The molecule has 7 heteroatoms.